The average Bonchev–Trinajstić information content (AvgIpc) is 2.29. The maximum absolute atomic E-state index is 9.62. The highest BCUT2D eigenvalue weighted by Gasteiger charge is 2.42. The molecule has 0 saturated heterocycles. The van der Waals surface area contributed by atoms with Crippen LogP contribution >= 0.6 is 0 Å². The van der Waals surface area contributed by atoms with E-state index < -0.39 is 0 Å². The lowest BCUT2D eigenvalue weighted by Crippen LogP contribution is -2.55. The van der Waals surface area contributed by atoms with E-state index in [-0.39, 0.29) is 18.3 Å². The van der Waals surface area contributed by atoms with Crippen LogP contribution in [0.2, 0.25) is 0 Å². The number of benzene rings is 1. The minimum Gasteiger partial charge on any atom is -0.487 e. The summed E-state index contributed by atoms with van der Waals surface area (Å²) >= 11 is 0. The minimum atomic E-state index is -0.385. The Labute approximate surface area is 102 Å². The van der Waals surface area contributed by atoms with Gasteiger partial charge in [0, 0.05) is 13.0 Å². The smallest absolute Gasteiger partial charge is 0.130 e. The van der Waals surface area contributed by atoms with Gasteiger partial charge in [0.1, 0.15) is 18.0 Å². The van der Waals surface area contributed by atoms with Gasteiger partial charge in [-0.25, -0.2) is 0 Å². The van der Waals surface area contributed by atoms with E-state index in [1.54, 1.807) is 0 Å². The van der Waals surface area contributed by atoms with Crippen molar-refractivity contribution in [2.75, 3.05) is 6.61 Å². The molecule has 0 bridgehead atoms. The second-order valence-corrected chi connectivity index (χ2v) is 4.60. The van der Waals surface area contributed by atoms with Crippen LogP contribution in [0.3, 0.4) is 0 Å². The number of rotatable bonds is 4. The Balaban J connectivity index is 2.06. The molecule has 0 radical (unpaired) electrons. The summed E-state index contributed by atoms with van der Waals surface area (Å²) in [5.74, 6) is 0.925. The molecule has 17 heavy (non-hydrogen) atoms. The Morgan fingerprint density at radius 1 is 1.29 bits per heavy atom. The summed E-state index contributed by atoms with van der Waals surface area (Å²) in [4.78, 5) is 0. The summed E-state index contributed by atoms with van der Waals surface area (Å²) in [5.41, 5.74) is 2.25. The van der Waals surface area contributed by atoms with Crippen molar-refractivity contribution in [3.05, 3.63) is 29.3 Å². The summed E-state index contributed by atoms with van der Waals surface area (Å²) in [6.07, 6.45) is 0.0614. The molecule has 3 nitrogen and oxygen atoms in total. The first-order valence-corrected chi connectivity index (χ1v) is 6.16. The zero-order valence-corrected chi connectivity index (χ0v) is 10.6. The Morgan fingerprint density at radius 2 is 1.94 bits per heavy atom. The van der Waals surface area contributed by atoms with Gasteiger partial charge in [0.05, 0.1) is 6.10 Å². The number of aliphatic hydroxyl groups excluding tert-OH is 1. The van der Waals surface area contributed by atoms with Crippen molar-refractivity contribution < 1.29 is 14.6 Å². The van der Waals surface area contributed by atoms with Crippen molar-refractivity contribution in [3.63, 3.8) is 0 Å². The molecule has 0 spiro atoms. The highest BCUT2D eigenvalue weighted by molar-refractivity contribution is 5.40. The fraction of sp³-hybridized carbons (Fsp3) is 0.571. The Hall–Kier alpha value is -1.06. The molecule has 1 aromatic rings. The molecule has 3 heteroatoms. The van der Waals surface area contributed by atoms with Gasteiger partial charge in [0.15, 0.2) is 0 Å². The number of aryl methyl sites for hydroxylation is 2. The number of ether oxygens (including phenoxy) is 2. The molecule has 0 aromatic heterocycles. The summed E-state index contributed by atoms with van der Waals surface area (Å²) in [6.45, 7) is 6.61. The van der Waals surface area contributed by atoms with E-state index in [9.17, 15) is 5.11 Å². The molecule has 1 fully saturated rings. The lowest BCUT2D eigenvalue weighted by Gasteiger charge is -2.41. The quantitative estimate of drug-likeness (QED) is 0.871. The third-order valence-electron chi connectivity index (χ3n) is 3.26. The second-order valence-electron chi connectivity index (χ2n) is 4.60. The van der Waals surface area contributed by atoms with Crippen molar-refractivity contribution in [2.24, 2.45) is 0 Å². The lowest BCUT2D eigenvalue weighted by molar-refractivity contribution is -0.160. The van der Waals surface area contributed by atoms with Gasteiger partial charge < -0.3 is 14.6 Å². The highest BCUT2D eigenvalue weighted by atomic mass is 16.6. The van der Waals surface area contributed by atoms with Crippen molar-refractivity contribution >= 4 is 0 Å². The van der Waals surface area contributed by atoms with E-state index in [4.69, 9.17) is 9.47 Å². The molecular formula is C14H20O3. The number of hydrogen-bond donors (Lipinski definition) is 1. The first-order chi connectivity index (χ1) is 8.13. The van der Waals surface area contributed by atoms with Crippen molar-refractivity contribution in [2.45, 2.75) is 45.5 Å². The van der Waals surface area contributed by atoms with E-state index in [1.807, 2.05) is 39.0 Å². The van der Waals surface area contributed by atoms with Gasteiger partial charge in [-0.2, -0.15) is 0 Å². The Bertz CT molecular complexity index is 369. The zero-order valence-electron chi connectivity index (χ0n) is 10.6. The van der Waals surface area contributed by atoms with Gasteiger partial charge in [0.2, 0.25) is 0 Å². The number of para-hydroxylation sites is 1. The summed E-state index contributed by atoms with van der Waals surface area (Å²) in [6, 6.07) is 6.09. The topological polar surface area (TPSA) is 38.7 Å². The van der Waals surface area contributed by atoms with Gasteiger partial charge >= 0.3 is 0 Å². The third-order valence-corrected chi connectivity index (χ3v) is 3.26. The molecule has 1 saturated carbocycles. The summed E-state index contributed by atoms with van der Waals surface area (Å²) in [5, 5.41) is 9.62. The molecule has 2 rings (SSSR count). The number of aliphatic hydroxyl groups is 1. The molecule has 1 aliphatic carbocycles. The molecule has 0 amide bonds. The first-order valence-electron chi connectivity index (χ1n) is 6.16. The van der Waals surface area contributed by atoms with Gasteiger partial charge in [0.25, 0.3) is 0 Å². The van der Waals surface area contributed by atoms with Crippen LogP contribution < -0.4 is 4.74 Å². The zero-order chi connectivity index (χ0) is 12.4. The maximum atomic E-state index is 9.62. The predicted octanol–water partition coefficient (Wildman–Crippen LogP) is 2.22. The largest absolute Gasteiger partial charge is 0.487 e. The fourth-order valence-electron chi connectivity index (χ4n) is 2.22. The van der Waals surface area contributed by atoms with Crippen LogP contribution in [0.25, 0.3) is 0 Å². The average molecular weight is 236 g/mol. The standard InChI is InChI=1S/C14H20O3/c1-4-16-14-11(15)8-12(14)17-13-9(2)6-5-7-10(13)3/h5-7,11-12,14-15H,4,8H2,1-3H3. The van der Waals surface area contributed by atoms with E-state index in [0.29, 0.717) is 13.0 Å². The van der Waals surface area contributed by atoms with Gasteiger partial charge in [-0.1, -0.05) is 18.2 Å². The minimum absolute atomic E-state index is 0.0234. The van der Waals surface area contributed by atoms with E-state index in [0.717, 1.165) is 16.9 Å². The molecule has 3 unspecified atom stereocenters. The van der Waals surface area contributed by atoms with Crippen LogP contribution in [0.4, 0.5) is 0 Å². The van der Waals surface area contributed by atoms with Gasteiger partial charge in [-0.05, 0) is 31.9 Å². The lowest BCUT2D eigenvalue weighted by atomic mass is 9.88. The van der Waals surface area contributed by atoms with Crippen LogP contribution in [0.15, 0.2) is 18.2 Å². The molecule has 1 N–H and O–H groups in total. The van der Waals surface area contributed by atoms with E-state index in [1.165, 1.54) is 0 Å². The second kappa shape index (κ2) is 5.07. The number of hydrogen-bond acceptors (Lipinski definition) is 3. The molecular weight excluding hydrogens is 216 g/mol. The monoisotopic (exact) mass is 236 g/mol. The summed E-state index contributed by atoms with van der Waals surface area (Å²) in [7, 11) is 0. The SMILES string of the molecule is CCOC1C(O)CC1Oc1c(C)cccc1C. The fourth-order valence-corrected chi connectivity index (χ4v) is 2.22. The molecule has 94 valence electrons. The Kier molecular flexibility index (Phi) is 3.69. The van der Waals surface area contributed by atoms with Crippen molar-refractivity contribution in [1.82, 2.24) is 0 Å². The van der Waals surface area contributed by atoms with Gasteiger partial charge in [-0.3, -0.25) is 0 Å². The first kappa shape index (κ1) is 12.4. The summed E-state index contributed by atoms with van der Waals surface area (Å²) < 4.78 is 11.4. The molecule has 0 aliphatic heterocycles. The molecule has 1 aromatic carbocycles. The van der Waals surface area contributed by atoms with Crippen molar-refractivity contribution in [3.8, 4) is 5.75 Å². The van der Waals surface area contributed by atoms with Crippen LogP contribution in [-0.4, -0.2) is 30.0 Å². The highest BCUT2D eigenvalue weighted by Crippen LogP contribution is 2.32. The Morgan fingerprint density at radius 3 is 2.47 bits per heavy atom. The van der Waals surface area contributed by atoms with Crippen LogP contribution in [-0.2, 0) is 4.74 Å². The van der Waals surface area contributed by atoms with Gasteiger partial charge in [-0.15, -0.1) is 0 Å². The van der Waals surface area contributed by atoms with Crippen LogP contribution in [0.5, 0.6) is 5.75 Å². The van der Waals surface area contributed by atoms with Crippen molar-refractivity contribution in [1.29, 1.82) is 0 Å². The normalized spacial score (nSPS) is 27.6. The van der Waals surface area contributed by atoms with Crippen LogP contribution in [0, 0.1) is 13.8 Å². The van der Waals surface area contributed by atoms with Crippen LogP contribution in [0.1, 0.15) is 24.5 Å². The molecule has 1 aliphatic rings. The third kappa shape index (κ3) is 2.45. The predicted molar refractivity (Wildman–Crippen MR) is 66.4 cm³/mol. The maximum Gasteiger partial charge on any atom is 0.130 e. The van der Waals surface area contributed by atoms with E-state index >= 15 is 0 Å². The van der Waals surface area contributed by atoms with E-state index in [2.05, 4.69) is 0 Å². The molecule has 3 atom stereocenters. The molecule has 0 heterocycles.